The molecule has 26 heavy (non-hydrogen) atoms. The Morgan fingerprint density at radius 3 is 2.38 bits per heavy atom. The zero-order valence-corrected chi connectivity index (χ0v) is 16.1. The summed E-state index contributed by atoms with van der Waals surface area (Å²) in [5.41, 5.74) is 2.83. The number of unbranched alkanes of at least 4 members (excludes halogenated alkanes) is 3. The van der Waals surface area contributed by atoms with E-state index in [-0.39, 0.29) is 0 Å². The lowest BCUT2D eigenvalue weighted by atomic mass is 10.1. The first kappa shape index (κ1) is 19.8. The molecule has 0 saturated heterocycles. The molecule has 4 heteroatoms. The minimum atomic E-state index is 0.485. The average molecular weight is 356 g/mol. The Hall–Kier alpha value is -2.49. The van der Waals surface area contributed by atoms with Crippen molar-refractivity contribution < 1.29 is 19.0 Å². The van der Waals surface area contributed by atoms with Crippen molar-refractivity contribution in [2.75, 3.05) is 13.7 Å². The molecule has 0 amide bonds. The molecule has 0 fully saturated rings. The van der Waals surface area contributed by atoms with Crippen LogP contribution in [-0.4, -0.2) is 20.0 Å². The van der Waals surface area contributed by atoms with Gasteiger partial charge in [0.2, 0.25) is 5.75 Å². The van der Waals surface area contributed by atoms with Crippen LogP contribution in [0.4, 0.5) is 0 Å². The summed E-state index contributed by atoms with van der Waals surface area (Å²) >= 11 is 0. The van der Waals surface area contributed by atoms with Crippen molar-refractivity contribution in [1.29, 1.82) is 0 Å². The van der Waals surface area contributed by atoms with Gasteiger partial charge >= 0.3 is 0 Å². The smallest absolute Gasteiger partial charge is 0.204 e. The standard InChI is InChI=1S/C22H28O4/c1-5-6-7-8-11-25-22-20(24-4)13-18(15-23)14-21(22)26-19-10-9-16(2)17(3)12-19/h9-10,12-15H,5-8,11H2,1-4H3. The van der Waals surface area contributed by atoms with Gasteiger partial charge < -0.3 is 14.2 Å². The van der Waals surface area contributed by atoms with Crippen LogP contribution in [-0.2, 0) is 0 Å². The van der Waals surface area contributed by atoms with Gasteiger partial charge in [0, 0.05) is 5.56 Å². The molecular weight excluding hydrogens is 328 g/mol. The first-order chi connectivity index (χ1) is 12.6. The summed E-state index contributed by atoms with van der Waals surface area (Å²) in [6.45, 7) is 6.85. The van der Waals surface area contributed by atoms with Gasteiger partial charge in [-0.25, -0.2) is 0 Å². The van der Waals surface area contributed by atoms with Crippen LogP contribution in [0.15, 0.2) is 30.3 Å². The number of aryl methyl sites for hydroxylation is 2. The highest BCUT2D eigenvalue weighted by molar-refractivity contribution is 5.78. The van der Waals surface area contributed by atoms with E-state index in [1.165, 1.54) is 18.4 Å². The fraction of sp³-hybridized carbons (Fsp3) is 0.409. The number of ether oxygens (including phenoxy) is 3. The van der Waals surface area contributed by atoms with Crippen molar-refractivity contribution in [2.45, 2.75) is 46.5 Å². The fourth-order valence-corrected chi connectivity index (χ4v) is 2.64. The van der Waals surface area contributed by atoms with Gasteiger partial charge in [-0.3, -0.25) is 4.79 Å². The molecule has 0 radical (unpaired) electrons. The lowest BCUT2D eigenvalue weighted by molar-refractivity contribution is 0.112. The summed E-state index contributed by atoms with van der Waals surface area (Å²) in [6, 6.07) is 9.25. The molecule has 2 rings (SSSR count). The summed E-state index contributed by atoms with van der Waals surface area (Å²) in [7, 11) is 1.56. The second-order valence-electron chi connectivity index (χ2n) is 6.43. The number of methoxy groups -OCH3 is 1. The largest absolute Gasteiger partial charge is 0.493 e. The van der Waals surface area contributed by atoms with Crippen LogP contribution in [0.3, 0.4) is 0 Å². The maximum absolute atomic E-state index is 11.3. The van der Waals surface area contributed by atoms with Gasteiger partial charge in [-0.2, -0.15) is 0 Å². The first-order valence-electron chi connectivity index (χ1n) is 9.14. The average Bonchev–Trinajstić information content (AvgIpc) is 2.65. The highest BCUT2D eigenvalue weighted by Gasteiger charge is 2.16. The molecule has 0 N–H and O–H groups in total. The van der Waals surface area contributed by atoms with E-state index in [2.05, 4.69) is 13.8 Å². The summed E-state index contributed by atoms with van der Waals surface area (Å²) in [5.74, 6) is 2.23. The first-order valence-corrected chi connectivity index (χ1v) is 9.14. The van der Waals surface area contributed by atoms with Gasteiger partial charge in [0.1, 0.15) is 12.0 Å². The Morgan fingerprint density at radius 2 is 1.73 bits per heavy atom. The Morgan fingerprint density at radius 1 is 0.962 bits per heavy atom. The van der Waals surface area contributed by atoms with E-state index in [9.17, 15) is 4.79 Å². The number of rotatable bonds is 10. The number of hydrogen-bond acceptors (Lipinski definition) is 4. The van der Waals surface area contributed by atoms with E-state index in [1.54, 1.807) is 19.2 Å². The van der Waals surface area contributed by atoms with Crippen molar-refractivity contribution in [3.63, 3.8) is 0 Å². The SMILES string of the molecule is CCCCCCOc1c(OC)cc(C=O)cc1Oc1ccc(C)c(C)c1. The Bertz CT molecular complexity index is 737. The van der Waals surface area contributed by atoms with E-state index in [0.29, 0.717) is 35.2 Å². The molecule has 4 nitrogen and oxygen atoms in total. The van der Waals surface area contributed by atoms with Gasteiger partial charge in [-0.1, -0.05) is 32.3 Å². The zero-order valence-electron chi connectivity index (χ0n) is 16.1. The highest BCUT2D eigenvalue weighted by Crippen LogP contribution is 2.41. The van der Waals surface area contributed by atoms with Crippen molar-refractivity contribution in [2.24, 2.45) is 0 Å². The Kier molecular flexibility index (Phi) is 7.52. The maximum Gasteiger partial charge on any atom is 0.204 e. The van der Waals surface area contributed by atoms with Crippen LogP contribution in [0.2, 0.25) is 0 Å². The van der Waals surface area contributed by atoms with Crippen LogP contribution in [0.5, 0.6) is 23.0 Å². The molecule has 2 aromatic carbocycles. The second kappa shape index (κ2) is 9.85. The second-order valence-corrected chi connectivity index (χ2v) is 6.43. The third kappa shape index (κ3) is 5.25. The van der Waals surface area contributed by atoms with Gasteiger partial charge in [0.15, 0.2) is 11.5 Å². The minimum absolute atomic E-state index is 0.485. The Balaban J connectivity index is 2.28. The normalized spacial score (nSPS) is 10.5. The molecule has 0 saturated carbocycles. The number of carbonyl (C=O) groups excluding carboxylic acids is 1. The van der Waals surface area contributed by atoms with Crippen LogP contribution >= 0.6 is 0 Å². The van der Waals surface area contributed by atoms with E-state index >= 15 is 0 Å². The predicted molar refractivity (Wildman–Crippen MR) is 104 cm³/mol. The molecule has 2 aromatic rings. The number of carbonyl (C=O) groups is 1. The molecule has 0 aromatic heterocycles. The quantitative estimate of drug-likeness (QED) is 0.394. The van der Waals surface area contributed by atoms with Crippen molar-refractivity contribution in [3.05, 3.63) is 47.0 Å². The van der Waals surface area contributed by atoms with E-state index in [1.807, 2.05) is 25.1 Å². The zero-order chi connectivity index (χ0) is 18.9. The van der Waals surface area contributed by atoms with E-state index in [4.69, 9.17) is 14.2 Å². The molecular formula is C22H28O4. The van der Waals surface area contributed by atoms with Crippen LogP contribution in [0, 0.1) is 13.8 Å². The number of hydrogen-bond donors (Lipinski definition) is 0. The predicted octanol–water partition coefficient (Wildman–Crippen LogP) is 5.88. The van der Waals surface area contributed by atoms with Crippen molar-refractivity contribution in [1.82, 2.24) is 0 Å². The molecule has 140 valence electrons. The van der Waals surface area contributed by atoms with Crippen LogP contribution in [0.1, 0.15) is 54.1 Å². The van der Waals surface area contributed by atoms with Crippen LogP contribution in [0.25, 0.3) is 0 Å². The number of aldehydes is 1. The highest BCUT2D eigenvalue weighted by atomic mass is 16.5. The fourth-order valence-electron chi connectivity index (χ4n) is 2.64. The van der Waals surface area contributed by atoms with E-state index < -0.39 is 0 Å². The lowest BCUT2D eigenvalue weighted by Crippen LogP contribution is -2.02. The molecule has 0 spiro atoms. The minimum Gasteiger partial charge on any atom is -0.493 e. The third-order valence-corrected chi connectivity index (χ3v) is 4.35. The molecule has 0 heterocycles. The van der Waals surface area contributed by atoms with Crippen molar-refractivity contribution in [3.8, 4) is 23.0 Å². The number of benzene rings is 2. The molecule has 0 atom stereocenters. The molecule has 0 aliphatic rings. The van der Waals surface area contributed by atoms with Crippen LogP contribution < -0.4 is 14.2 Å². The van der Waals surface area contributed by atoms with Gasteiger partial charge in [0.25, 0.3) is 0 Å². The molecule has 0 unspecified atom stereocenters. The Labute approximate surface area is 156 Å². The molecule has 0 aliphatic carbocycles. The molecule has 0 bridgehead atoms. The van der Waals surface area contributed by atoms with Gasteiger partial charge in [-0.05, 0) is 55.7 Å². The topological polar surface area (TPSA) is 44.8 Å². The van der Waals surface area contributed by atoms with E-state index in [0.717, 1.165) is 24.7 Å². The monoisotopic (exact) mass is 356 g/mol. The third-order valence-electron chi connectivity index (χ3n) is 4.35. The summed E-state index contributed by atoms with van der Waals surface area (Å²) in [5, 5.41) is 0. The molecule has 0 aliphatic heterocycles. The van der Waals surface area contributed by atoms with Gasteiger partial charge in [0.05, 0.1) is 13.7 Å². The maximum atomic E-state index is 11.3. The lowest BCUT2D eigenvalue weighted by Gasteiger charge is -2.17. The van der Waals surface area contributed by atoms with Crippen molar-refractivity contribution >= 4 is 6.29 Å². The summed E-state index contributed by atoms with van der Waals surface area (Å²) in [4.78, 5) is 11.3. The summed E-state index contributed by atoms with van der Waals surface area (Å²) in [6.07, 6.45) is 5.24. The van der Waals surface area contributed by atoms with Gasteiger partial charge in [-0.15, -0.1) is 0 Å². The summed E-state index contributed by atoms with van der Waals surface area (Å²) < 4.78 is 17.4.